The maximum absolute atomic E-state index is 14.9. The van der Waals surface area contributed by atoms with Gasteiger partial charge in [0, 0.05) is 10.1 Å². The number of aromatic carboxylic acids is 1. The Kier molecular flexibility index (Phi) is 7.77. The zero-order valence-electron chi connectivity index (χ0n) is 16.8. The first-order valence-electron chi connectivity index (χ1n) is 9.13. The molecule has 3 rings (SSSR count). The number of ether oxygens (including phenoxy) is 1. The maximum atomic E-state index is 14.9. The Labute approximate surface area is 206 Å². The molecule has 3 aromatic rings. The Balaban J connectivity index is 1.97. The molecular formula is C21H16ClF2IN2O5S. The quantitative estimate of drug-likeness (QED) is 0.306. The average molecular weight is 609 g/mol. The van der Waals surface area contributed by atoms with E-state index in [1.165, 1.54) is 19.2 Å². The van der Waals surface area contributed by atoms with Gasteiger partial charge in [0.25, 0.3) is 0 Å². The zero-order valence-corrected chi connectivity index (χ0v) is 20.6. The number of carboxylic acids is 1. The van der Waals surface area contributed by atoms with Crippen LogP contribution >= 0.6 is 34.2 Å². The van der Waals surface area contributed by atoms with Gasteiger partial charge in [-0.15, -0.1) is 0 Å². The van der Waals surface area contributed by atoms with Gasteiger partial charge in [0.2, 0.25) is 10.0 Å². The van der Waals surface area contributed by atoms with E-state index in [2.05, 4.69) is 10.0 Å². The molecule has 12 heteroatoms. The largest absolute Gasteiger partial charge is 0.497 e. The van der Waals surface area contributed by atoms with Gasteiger partial charge in [-0.3, -0.25) is 0 Å². The normalized spacial score (nSPS) is 11.3. The second-order valence-corrected chi connectivity index (χ2v) is 10.0. The number of hydrogen-bond donors (Lipinski definition) is 3. The Morgan fingerprint density at radius 2 is 1.79 bits per heavy atom. The maximum Gasteiger partial charge on any atom is 0.337 e. The molecule has 0 unspecified atom stereocenters. The number of nitrogens with one attached hydrogen (secondary N) is 2. The van der Waals surface area contributed by atoms with Crippen LogP contribution in [-0.2, 0) is 16.6 Å². The lowest BCUT2D eigenvalue weighted by molar-refractivity contribution is 0.0697. The Morgan fingerprint density at radius 1 is 1.12 bits per heavy atom. The summed E-state index contributed by atoms with van der Waals surface area (Å²) >= 11 is 8.07. The van der Waals surface area contributed by atoms with Crippen molar-refractivity contribution in [3.8, 4) is 5.75 Å². The fourth-order valence-corrected chi connectivity index (χ4v) is 4.83. The third-order valence-corrected chi connectivity index (χ3v) is 6.89. The van der Waals surface area contributed by atoms with Crippen LogP contribution in [0.2, 0.25) is 5.02 Å². The average Bonchev–Trinajstić information content (AvgIpc) is 2.77. The van der Waals surface area contributed by atoms with Crippen LogP contribution in [0.15, 0.2) is 53.4 Å². The zero-order chi connectivity index (χ0) is 24.3. The van der Waals surface area contributed by atoms with Gasteiger partial charge >= 0.3 is 5.97 Å². The molecule has 0 atom stereocenters. The van der Waals surface area contributed by atoms with Crippen molar-refractivity contribution in [2.45, 2.75) is 11.4 Å². The fourth-order valence-electron chi connectivity index (χ4n) is 2.81. The van der Waals surface area contributed by atoms with Crippen LogP contribution in [0.4, 0.5) is 20.2 Å². The molecule has 0 aliphatic heterocycles. The lowest BCUT2D eigenvalue weighted by Gasteiger charge is -2.16. The monoisotopic (exact) mass is 608 g/mol. The molecule has 0 bridgehead atoms. The summed E-state index contributed by atoms with van der Waals surface area (Å²) in [6.07, 6.45) is 0. The van der Waals surface area contributed by atoms with Gasteiger partial charge in [0.15, 0.2) is 11.6 Å². The molecule has 0 aliphatic rings. The molecule has 0 radical (unpaired) electrons. The number of methoxy groups -OCH3 is 1. The van der Waals surface area contributed by atoms with Gasteiger partial charge in [-0.1, -0.05) is 23.7 Å². The van der Waals surface area contributed by atoms with E-state index in [4.69, 9.17) is 16.3 Å². The Morgan fingerprint density at radius 3 is 2.36 bits per heavy atom. The summed E-state index contributed by atoms with van der Waals surface area (Å²) in [5.74, 6) is -4.51. The minimum atomic E-state index is -4.60. The summed E-state index contributed by atoms with van der Waals surface area (Å²) in [4.78, 5) is 10.6. The molecule has 0 amide bonds. The van der Waals surface area contributed by atoms with Gasteiger partial charge in [-0.05, 0) is 64.6 Å². The summed E-state index contributed by atoms with van der Waals surface area (Å²) in [5.41, 5.74) is -0.901. The molecular weight excluding hydrogens is 593 g/mol. The summed E-state index contributed by atoms with van der Waals surface area (Å²) in [7, 11) is -3.13. The number of sulfonamides is 1. The second kappa shape index (κ2) is 10.2. The number of carbonyl (C=O) groups is 1. The van der Waals surface area contributed by atoms with Gasteiger partial charge in [0.1, 0.15) is 10.6 Å². The van der Waals surface area contributed by atoms with Crippen molar-refractivity contribution in [1.82, 2.24) is 4.72 Å². The highest BCUT2D eigenvalue weighted by Crippen LogP contribution is 2.34. The first kappa shape index (κ1) is 25.1. The summed E-state index contributed by atoms with van der Waals surface area (Å²) in [5, 5.41) is 12.1. The minimum Gasteiger partial charge on any atom is -0.497 e. The number of anilines is 2. The number of rotatable bonds is 8. The first-order chi connectivity index (χ1) is 15.5. The van der Waals surface area contributed by atoms with Crippen molar-refractivity contribution in [2.75, 3.05) is 12.4 Å². The van der Waals surface area contributed by atoms with Crippen LogP contribution in [0.5, 0.6) is 5.75 Å². The molecule has 174 valence electrons. The summed E-state index contributed by atoms with van der Waals surface area (Å²) in [6.45, 7) is -0.242. The van der Waals surface area contributed by atoms with E-state index >= 15 is 0 Å². The third kappa shape index (κ3) is 5.72. The lowest BCUT2D eigenvalue weighted by atomic mass is 10.1. The predicted octanol–water partition coefficient (Wildman–Crippen LogP) is 5.15. The van der Waals surface area contributed by atoms with Crippen molar-refractivity contribution in [3.05, 3.63) is 79.9 Å². The van der Waals surface area contributed by atoms with Crippen molar-refractivity contribution < 1.29 is 31.8 Å². The van der Waals surface area contributed by atoms with Crippen LogP contribution in [0.3, 0.4) is 0 Å². The van der Waals surface area contributed by atoms with Crippen LogP contribution in [0.1, 0.15) is 15.9 Å². The van der Waals surface area contributed by atoms with E-state index in [1.807, 2.05) is 22.6 Å². The lowest BCUT2D eigenvalue weighted by Crippen LogP contribution is -2.25. The standard InChI is InChI=1S/C21H16ClF2IN2O5S/c1-32-13-5-2-11(3-6-13)10-26-33(30,31)17-9-14(21(28)29)20(19(24)18(17)23)27-16-7-4-12(25)8-15(16)22/h2-9,26-27H,10H2,1H3,(H,28,29). The van der Waals surface area contributed by atoms with Gasteiger partial charge < -0.3 is 15.2 Å². The summed E-state index contributed by atoms with van der Waals surface area (Å²) in [6, 6.07) is 11.5. The third-order valence-electron chi connectivity index (χ3n) is 4.51. The van der Waals surface area contributed by atoms with Crippen molar-refractivity contribution in [1.29, 1.82) is 0 Å². The molecule has 0 aliphatic carbocycles. The molecule has 0 fully saturated rings. The van der Waals surface area contributed by atoms with Gasteiger partial charge in [0.05, 0.1) is 29.1 Å². The van der Waals surface area contributed by atoms with E-state index in [0.717, 1.165) is 3.57 Å². The highest BCUT2D eigenvalue weighted by Gasteiger charge is 2.29. The van der Waals surface area contributed by atoms with E-state index < -0.39 is 43.8 Å². The molecule has 7 nitrogen and oxygen atoms in total. The smallest absolute Gasteiger partial charge is 0.337 e. The van der Waals surface area contributed by atoms with Gasteiger partial charge in [-0.25, -0.2) is 26.7 Å². The second-order valence-electron chi connectivity index (χ2n) is 6.65. The number of benzene rings is 3. The molecule has 0 aromatic heterocycles. The minimum absolute atomic E-state index is 0.117. The van der Waals surface area contributed by atoms with Crippen molar-refractivity contribution >= 4 is 61.6 Å². The fraction of sp³-hybridized carbons (Fsp3) is 0.0952. The number of carboxylic acid groups (broad SMARTS) is 1. The predicted molar refractivity (Wildman–Crippen MR) is 128 cm³/mol. The van der Waals surface area contributed by atoms with Crippen molar-refractivity contribution in [3.63, 3.8) is 0 Å². The molecule has 0 heterocycles. The highest BCUT2D eigenvalue weighted by molar-refractivity contribution is 14.1. The van der Waals surface area contributed by atoms with E-state index in [9.17, 15) is 27.1 Å². The Hall–Kier alpha value is -2.48. The van der Waals surface area contributed by atoms with Crippen molar-refractivity contribution in [2.24, 2.45) is 0 Å². The topological polar surface area (TPSA) is 105 Å². The van der Waals surface area contributed by atoms with Gasteiger partial charge in [-0.2, -0.15) is 0 Å². The van der Waals surface area contributed by atoms with Crippen LogP contribution in [-0.4, -0.2) is 26.6 Å². The molecule has 0 saturated carbocycles. The van der Waals surface area contributed by atoms with Crippen LogP contribution < -0.4 is 14.8 Å². The number of halogens is 4. The van der Waals surface area contributed by atoms with E-state index in [-0.39, 0.29) is 17.3 Å². The molecule has 33 heavy (non-hydrogen) atoms. The molecule has 0 saturated heterocycles. The van der Waals surface area contributed by atoms with Crippen LogP contribution in [0.25, 0.3) is 0 Å². The van der Waals surface area contributed by atoms with E-state index in [1.54, 1.807) is 30.3 Å². The summed E-state index contributed by atoms with van der Waals surface area (Å²) < 4.78 is 63.0. The Bertz CT molecular complexity index is 1320. The van der Waals surface area contributed by atoms with E-state index in [0.29, 0.717) is 17.4 Å². The highest BCUT2D eigenvalue weighted by atomic mass is 127. The number of hydrogen-bond acceptors (Lipinski definition) is 5. The molecule has 3 N–H and O–H groups in total. The van der Waals surface area contributed by atoms with Crippen LogP contribution in [0, 0.1) is 15.2 Å². The first-order valence-corrected chi connectivity index (χ1v) is 12.1. The molecule has 0 spiro atoms. The SMILES string of the molecule is COc1ccc(CNS(=O)(=O)c2cc(C(=O)O)c(Nc3ccc(I)cc3Cl)c(F)c2F)cc1. The molecule has 3 aromatic carbocycles.